The predicted octanol–water partition coefficient (Wildman–Crippen LogP) is 1.13. The molecule has 94 valence electrons. The second kappa shape index (κ2) is 4.22. The number of pyridine rings is 1. The molecule has 0 aromatic carbocycles. The van der Waals surface area contributed by atoms with E-state index in [0.717, 1.165) is 10.2 Å². The van der Waals surface area contributed by atoms with Gasteiger partial charge in [-0.1, -0.05) is 0 Å². The van der Waals surface area contributed by atoms with Crippen molar-refractivity contribution in [1.29, 1.82) is 0 Å². The third-order valence-electron chi connectivity index (χ3n) is 3.16. The number of rotatable bonds is 2. The maximum Gasteiger partial charge on any atom is 0.263 e. The third kappa shape index (κ3) is 1.83. The summed E-state index contributed by atoms with van der Waals surface area (Å²) in [4.78, 5) is 17.5. The largest absolute Gasteiger partial charge is 0.397 e. The number of fused-ring (bicyclic) bond motifs is 1. The molecule has 0 spiro atoms. The fraction of sp³-hybridized carbons (Fsp3) is 0.333. The van der Waals surface area contributed by atoms with Crippen LogP contribution in [0.4, 0.5) is 5.69 Å². The first-order chi connectivity index (χ1) is 8.65. The number of anilines is 1. The van der Waals surface area contributed by atoms with Gasteiger partial charge in [-0.25, -0.2) is 4.98 Å². The number of nitrogen functional groups attached to an aromatic ring is 1. The van der Waals surface area contributed by atoms with Crippen molar-refractivity contribution < 1.29 is 9.90 Å². The van der Waals surface area contributed by atoms with Crippen molar-refractivity contribution in [3.8, 4) is 0 Å². The number of hydrogen-bond donors (Lipinski definition) is 3. The monoisotopic (exact) mass is 263 g/mol. The van der Waals surface area contributed by atoms with Gasteiger partial charge in [-0.3, -0.25) is 4.79 Å². The van der Waals surface area contributed by atoms with Crippen LogP contribution in [0.3, 0.4) is 0 Å². The zero-order valence-corrected chi connectivity index (χ0v) is 10.4. The molecular formula is C12H13N3O2S. The van der Waals surface area contributed by atoms with Gasteiger partial charge in [0, 0.05) is 17.6 Å². The summed E-state index contributed by atoms with van der Waals surface area (Å²) in [5, 5.41) is 12.9. The molecule has 0 bridgehead atoms. The summed E-state index contributed by atoms with van der Waals surface area (Å²) in [5.74, 6) is -0.174. The number of nitrogens with zero attached hydrogens (tertiary/aromatic N) is 1. The van der Waals surface area contributed by atoms with Gasteiger partial charge >= 0.3 is 0 Å². The lowest BCUT2D eigenvalue weighted by Gasteiger charge is -2.31. The van der Waals surface area contributed by atoms with Crippen molar-refractivity contribution in [1.82, 2.24) is 10.3 Å². The van der Waals surface area contributed by atoms with Crippen molar-refractivity contribution in [3.05, 3.63) is 23.2 Å². The van der Waals surface area contributed by atoms with Crippen LogP contribution < -0.4 is 11.1 Å². The first-order valence-corrected chi connectivity index (χ1v) is 6.58. The van der Waals surface area contributed by atoms with Crippen LogP contribution in [0.15, 0.2) is 18.3 Å². The van der Waals surface area contributed by atoms with Gasteiger partial charge in [0.15, 0.2) is 0 Å². The van der Waals surface area contributed by atoms with E-state index >= 15 is 0 Å². The number of carbonyl (C=O) groups excluding carboxylic acids is 1. The first kappa shape index (κ1) is 11.4. The van der Waals surface area contributed by atoms with E-state index in [1.807, 2.05) is 6.07 Å². The average molecular weight is 263 g/mol. The number of nitrogens with two attached hydrogens (primary N) is 1. The molecule has 2 aromatic rings. The highest BCUT2D eigenvalue weighted by Gasteiger charge is 2.29. The van der Waals surface area contributed by atoms with Crippen LogP contribution in [-0.2, 0) is 0 Å². The molecule has 3 rings (SSSR count). The second-order valence-electron chi connectivity index (χ2n) is 4.50. The number of carbonyl (C=O) groups is 1. The molecule has 2 aromatic heterocycles. The number of thiophene rings is 1. The zero-order chi connectivity index (χ0) is 12.7. The van der Waals surface area contributed by atoms with Gasteiger partial charge in [-0.05, 0) is 25.0 Å². The fourth-order valence-corrected chi connectivity index (χ4v) is 3.04. The van der Waals surface area contributed by atoms with Gasteiger partial charge in [0.25, 0.3) is 5.91 Å². The highest BCUT2D eigenvalue weighted by atomic mass is 32.1. The van der Waals surface area contributed by atoms with Crippen molar-refractivity contribution in [2.24, 2.45) is 0 Å². The quantitative estimate of drug-likeness (QED) is 0.758. The van der Waals surface area contributed by atoms with Crippen molar-refractivity contribution in [2.75, 3.05) is 5.73 Å². The van der Waals surface area contributed by atoms with Gasteiger partial charge in [0.1, 0.15) is 9.71 Å². The molecule has 0 aliphatic heterocycles. The number of hydrogen-bond acceptors (Lipinski definition) is 5. The minimum absolute atomic E-state index is 0.0603. The minimum Gasteiger partial charge on any atom is -0.397 e. The summed E-state index contributed by atoms with van der Waals surface area (Å²) in [6.45, 7) is 0. The Bertz CT molecular complexity index is 604. The Hall–Kier alpha value is -1.66. The highest BCUT2D eigenvalue weighted by molar-refractivity contribution is 7.21. The molecule has 1 amide bonds. The summed E-state index contributed by atoms with van der Waals surface area (Å²) in [6.07, 6.45) is 2.64. The molecule has 1 saturated carbocycles. The molecule has 0 radical (unpaired) electrons. The van der Waals surface area contributed by atoms with Crippen LogP contribution in [-0.4, -0.2) is 28.1 Å². The lowest BCUT2D eigenvalue weighted by molar-refractivity contribution is 0.0565. The van der Waals surface area contributed by atoms with Crippen molar-refractivity contribution in [2.45, 2.75) is 25.0 Å². The third-order valence-corrected chi connectivity index (χ3v) is 4.29. The second-order valence-corrected chi connectivity index (χ2v) is 5.50. The van der Waals surface area contributed by atoms with Gasteiger partial charge in [-0.2, -0.15) is 0 Å². The Balaban J connectivity index is 1.85. The summed E-state index contributed by atoms with van der Waals surface area (Å²) < 4.78 is 0. The van der Waals surface area contributed by atoms with Crippen LogP contribution in [0.1, 0.15) is 22.5 Å². The Morgan fingerprint density at radius 2 is 2.33 bits per heavy atom. The van der Waals surface area contributed by atoms with Gasteiger partial charge < -0.3 is 16.2 Å². The Morgan fingerprint density at radius 3 is 3.00 bits per heavy atom. The number of aromatic nitrogens is 1. The molecule has 1 fully saturated rings. The Kier molecular flexibility index (Phi) is 2.68. The van der Waals surface area contributed by atoms with Crippen molar-refractivity contribution in [3.63, 3.8) is 0 Å². The van der Waals surface area contributed by atoms with E-state index in [1.165, 1.54) is 11.3 Å². The van der Waals surface area contributed by atoms with Crippen molar-refractivity contribution >= 4 is 33.1 Å². The maximum atomic E-state index is 12.1. The highest BCUT2D eigenvalue weighted by Crippen LogP contribution is 2.32. The molecule has 0 unspecified atom stereocenters. The van der Waals surface area contributed by atoms with Gasteiger partial charge in [-0.15, -0.1) is 11.3 Å². The molecule has 6 heteroatoms. The van der Waals surface area contributed by atoms with Gasteiger partial charge in [0.2, 0.25) is 0 Å². The SMILES string of the molecule is Nc1c(C(=O)NC2CC(O)C2)sc2ncccc12. The van der Waals surface area contributed by atoms with E-state index in [4.69, 9.17) is 5.73 Å². The van der Waals surface area contributed by atoms with Gasteiger partial charge in [0.05, 0.1) is 11.8 Å². The number of aliphatic hydroxyl groups excluding tert-OH is 1. The lowest BCUT2D eigenvalue weighted by atomic mass is 9.89. The van der Waals surface area contributed by atoms with Crippen LogP contribution in [0, 0.1) is 0 Å². The van der Waals surface area contributed by atoms with Crippen LogP contribution in [0.25, 0.3) is 10.2 Å². The number of nitrogens with one attached hydrogen (secondary N) is 1. The average Bonchev–Trinajstić information content (AvgIpc) is 2.66. The Morgan fingerprint density at radius 1 is 1.56 bits per heavy atom. The minimum atomic E-state index is -0.281. The smallest absolute Gasteiger partial charge is 0.263 e. The number of amides is 1. The molecule has 18 heavy (non-hydrogen) atoms. The number of aliphatic hydroxyl groups is 1. The topological polar surface area (TPSA) is 88.2 Å². The van der Waals surface area contributed by atoms with E-state index in [9.17, 15) is 9.90 Å². The van der Waals surface area contributed by atoms with E-state index in [-0.39, 0.29) is 18.1 Å². The molecule has 4 N–H and O–H groups in total. The van der Waals surface area contributed by atoms with E-state index in [0.29, 0.717) is 23.4 Å². The van der Waals surface area contributed by atoms with E-state index in [1.54, 1.807) is 12.3 Å². The summed E-state index contributed by atoms with van der Waals surface area (Å²) in [7, 11) is 0. The summed E-state index contributed by atoms with van der Waals surface area (Å²) >= 11 is 1.30. The molecule has 1 aliphatic rings. The molecule has 0 atom stereocenters. The molecule has 0 saturated heterocycles. The molecule has 5 nitrogen and oxygen atoms in total. The first-order valence-electron chi connectivity index (χ1n) is 5.77. The van der Waals surface area contributed by atoms with Crippen LogP contribution >= 0.6 is 11.3 Å². The van der Waals surface area contributed by atoms with E-state index in [2.05, 4.69) is 10.3 Å². The summed E-state index contributed by atoms with van der Waals surface area (Å²) in [5.41, 5.74) is 6.45. The normalized spacial score (nSPS) is 22.7. The lowest BCUT2D eigenvalue weighted by Crippen LogP contribution is -2.46. The molecule has 2 heterocycles. The summed E-state index contributed by atoms with van der Waals surface area (Å²) in [6, 6.07) is 3.72. The zero-order valence-electron chi connectivity index (χ0n) is 9.59. The fourth-order valence-electron chi connectivity index (χ4n) is 2.08. The molecular weight excluding hydrogens is 250 g/mol. The van der Waals surface area contributed by atoms with E-state index < -0.39 is 0 Å². The Labute approximate surface area is 108 Å². The van der Waals surface area contributed by atoms with Crippen LogP contribution in [0.5, 0.6) is 0 Å². The molecule has 1 aliphatic carbocycles. The van der Waals surface area contributed by atoms with Crippen LogP contribution in [0.2, 0.25) is 0 Å². The predicted molar refractivity (Wildman–Crippen MR) is 70.5 cm³/mol. The maximum absolute atomic E-state index is 12.1. The standard InChI is InChI=1S/C12H13N3O2S/c13-9-8-2-1-3-14-12(8)18-10(9)11(17)15-6-4-7(16)5-6/h1-3,6-7,16H,4-5,13H2,(H,15,17).